The van der Waals surface area contributed by atoms with Crippen LogP contribution in [0.3, 0.4) is 0 Å². The fourth-order valence-electron chi connectivity index (χ4n) is 2.27. The highest BCUT2D eigenvalue weighted by atomic mass is 32.2. The van der Waals surface area contributed by atoms with E-state index in [1.54, 1.807) is 10.9 Å². The number of hydrogen-bond acceptors (Lipinski definition) is 4. The predicted molar refractivity (Wildman–Crippen MR) is 77.9 cm³/mol. The molecule has 2 N–H and O–H groups in total. The van der Waals surface area contributed by atoms with Crippen molar-refractivity contribution in [2.75, 3.05) is 6.54 Å². The van der Waals surface area contributed by atoms with Gasteiger partial charge in [0.05, 0.1) is 12.7 Å². The smallest absolute Gasteiger partial charge is 0.244 e. The maximum absolute atomic E-state index is 12.3. The topological polar surface area (TPSA) is 76.0 Å². The van der Waals surface area contributed by atoms with Crippen LogP contribution in [0.5, 0.6) is 0 Å². The van der Waals surface area contributed by atoms with Gasteiger partial charge in [-0.15, -0.1) is 0 Å². The van der Waals surface area contributed by atoms with E-state index in [-0.39, 0.29) is 10.4 Å². The Kier molecular flexibility index (Phi) is 4.51. The summed E-state index contributed by atoms with van der Waals surface area (Å²) in [6.07, 6.45) is 5.89. The summed E-state index contributed by atoms with van der Waals surface area (Å²) < 4.78 is 28.9. The fourth-order valence-corrected chi connectivity index (χ4v) is 3.68. The van der Waals surface area contributed by atoms with Crippen molar-refractivity contribution in [3.05, 3.63) is 12.4 Å². The summed E-state index contributed by atoms with van der Waals surface area (Å²) in [6, 6.07) is 0.411. The van der Waals surface area contributed by atoms with E-state index in [9.17, 15) is 8.42 Å². The average Bonchev–Trinajstić information content (AvgIpc) is 2.75. The molecule has 0 radical (unpaired) electrons. The molecule has 0 spiro atoms. The number of sulfonamides is 1. The van der Waals surface area contributed by atoms with Crippen LogP contribution in [0.1, 0.15) is 40.0 Å². The van der Waals surface area contributed by atoms with E-state index in [4.69, 9.17) is 0 Å². The number of nitrogens with zero attached hydrogens (tertiary/aromatic N) is 2. The molecule has 6 nitrogen and oxygen atoms in total. The average molecular weight is 300 g/mol. The van der Waals surface area contributed by atoms with Crippen LogP contribution in [0.15, 0.2) is 17.3 Å². The quantitative estimate of drug-likeness (QED) is 0.791. The van der Waals surface area contributed by atoms with Crippen molar-refractivity contribution in [3.63, 3.8) is 0 Å². The Labute approximate surface area is 121 Å². The van der Waals surface area contributed by atoms with Gasteiger partial charge in [0.15, 0.2) is 0 Å². The van der Waals surface area contributed by atoms with Crippen molar-refractivity contribution >= 4 is 10.0 Å². The Morgan fingerprint density at radius 1 is 1.45 bits per heavy atom. The molecule has 20 heavy (non-hydrogen) atoms. The molecule has 1 aliphatic carbocycles. The largest absolute Gasteiger partial charge is 0.313 e. The van der Waals surface area contributed by atoms with Gasteiger partial charge in [-0.2, -0.15) is 5.10 Å². The van der Waals surface area contributed by atoms with Gasteiger partial charge in [0.1, 0.15) is 4.90 Å². The van der Waals surface area contributed by atoms with Gasteiger partial charge < -0.3 is 5.32 Å². The number of hydrogen-bond donors (Lipinski definition) is 2. The van der Waals surface area contributed by atoms with Gasteiger partial charge in [-0.05, 0) is 26.2 Å². The second-order valence-electron chi connectivity index (χ2n) is 6.07. The molecule has 1 saturated carbocycles. The highest BCUT2D eigenvalue weighted by molar-refractivity contribution is 7.89. The summed E-state index contributed by atoms with van der Waals surface area (Å²) in [6.45, 7) is 7.52. The van der Waals surface area contributed by atoms with Crippen molar-refractivity contribution in [2.24, 2.45) is 0 Å². The van der Waals surface area contributed by atoms with Crippen LogP contribution in [0.2, 0.25) is 0 Å². The molecular weight excluding hydrogens is 276 g/mol. The summed E-state index contributed by atoms with van der Waals surface area (Å²) >= 11 is 0. The maximum Gasteiger partial charge on any atom is 0.244 e. The van der Waals surface area contributed by atoms with Crippen LogP contribution in [0.25, 0.3) is 0 Å². The molecule has 0 bridgehead atoms. The maximum atomic E-state index is 12.3. The Bertz CT molecular complexity index is 546. The summed E-state index contributed by atoms with van der Waals surface area (Å²) in [5.74, 6) is 0. The van der Waals surface area contributed by atoms with E-state index < -0.39 is 10.0 Å². The normalized spacial score (nSPS) is 18.2. The van der Waals surface area contributed by atoms with Crippen LogP contribution in [-0.2, 0) is 16.6 Å². The second kappa shape index (κ2) is 5.83. The Hall–Kier alpha value is -0.920. The summed E-state index contributed by atoms with van der Waals surface area (Å²) in [5.41, 5.74) is -0.278. The standard InChI is InChI=1S/C13H24N4O2S/c1-11(2)14-7-8-17-10-12(9-15-17)20(18,19)16-13(3)5-4-6-13/h9-11,14,16H,4-8H2,1-3H3. The number of aromatic nitrogens is 2. The molecule has 0 atom stereocenters. The summed E-state index contributed by atoms with van der Waals surface area (Å²) in [5, 5.41) is 7.38. The van der Waals surface area contributed by atoms with E-state index in [0.29, 0.717) is 12.6 Å². The van der Waals surface area contributed by atoms with E-state index in [1.807, 2.05) is 6.92 Å². The number of nitrogens with one attached hydrogen (secondary N) is 2. The third-order valence-electron chi connectivity index (χ3n) is 3.65. The van der Waals surface area contributed by atoms with Gasteiger partial charge in [0.25, 0.3) is 0 Å². The highest BCUT2D eigenvalue weighted by Crippen LogP contribution is 2.32. The summed E-state index contributed by atoms with van der Waals surface area (Å²) in [4.78, 5) is 0.246. The molecule has 114 valence electrons. The Morgan fingerprint density at radius 2 is 2.15 bits per heavy atom. The lowest BCUT2D eigenvalue weighted by molar-refractivity contribution is 0.248. The number of rotatable bonds is 7. The van der Waals surface area contributed by atoms with E-state index >= 15 is 0 Å². The van der Waals surface area contributed by atoms with Gasteiger partial charge in [-0.25, -0.2) is 13.1 Å². The molecule has 1 fully saturated rings. The zero-order valence-corrected chi connectivity index (χ0v) is 13.2. The predicted octanol–water partition coefficient (Wildman–Crippen LogP) is 1.10. The van der Waals surface area contributed by atoms with Gasteiger partial charge in [0.2, 0.25) is 10.0 Å². The molecule has 2 rings (SSSR count). The van der Waals surface area contributed by atoms with Crippen LogP contribution in [0, 0.1) is 0 Å². The Balaban J connectivity index is 1.96. The summed E-state index contributed by atoms with van der Waals surface area (Å²) in [7, 11) is -3.45. The first kappa shape index (κ1) is 15.5. The van der Waals surface area contributed by atoms with Crippen LogP contribution < -0.4 is 10.0 Å². The molecule has 1 aromatic rings. The van der Waals surface area contributed by atoms with Crippen molar-refractivity contribution < 1.29 is 8.42 Å². The van der Waals surface area contributed by atoms with Crippen molar-refractivity contribution in [2.45, 2.75) is 63.1 Å². The van der Waals surface area contributed by atoms with E-state index in [0.717, 1.165) is 25.8 Å². The highest BCUT2D eigenvalue weighted by Gasteiger charge is 2.36. The molecular formula is C13H24N4O2S. The monoisotopic (exact) mass is 300 g/mol. The first-order chi connectivity index (χ1) is 9.31. The molecule has 0 saturated heterocycles. The molecule has 0 aromatic carbocycles. The molecule has 0 unspecified atom stereocenters. The van der Waals surface area contributed by atoms with Crippen molar-refractivity contribution in [1.82, 2.24) is 19.8 Å². The SMILES string of the molecule is CC(C)NCCn1cc(S(=O)(=O)NC2(C)CCC2)cn1. The zero-order chi connectivity index (χ0) is 14.8. The van der Waals surface area contributed by atoms with Crippen molar-refractivity contribution in [3.8, 4) is 0 Å². The van der Waals surface area contributed by atoms with Crippen LogP contribution in [-0.4, -0.2) is 36.3 Å². The minimum atomic E-state index is -3.45. The minimum absolute atomic E-state index is 0.246. The van der Waals surface area contributed by atoms with Crippen LogP contribution in [0.4, 0.5) is 0 Å². The lowest BCUT2D eigenvalue weighted by Crippen LogP contribution is -2.50. The zero-order valence-electron chi connectivity index (χ0n) is 12.4. The second-order valence-corrected chi connectivity index (χ2v) is 7.75. The molecule has 0 aliphatic heterocycles. The van der Waals surface area contributed by atoms with Gasteiger partial charge in [-0.1, -0.05) is 13.8 Å². The fraction of sp³-hybridized carbons (Fsp3) is 0.769. The first-order valence-corrected chi connectivity index (χ1v) is 8.59. The van der Waals surface area contributed by atoms with Crippen LogP contribution >= 0.6 is 0 Å². The van der Waals surface area contributed by atoms with E-state index in [2.05, 4.69) is 29.0 Å². The van der Waals surface area contributed by atoms with Gasteiger partial charge in [0, 0.05) is 24.3 Å². The lowest BCUT2D eigenvalue weighted by atomic mass is 9.80. The van der Waals surface area contributed by atoms with Crippen molar-refractivity contribution in [1.29, 1.82) is 0 Å². The third-order valence-corrected chi connectivity index (χ3v) is 5.24. The molecule has 1 heterocycles. The molecule has 0 amide bonds. The molecule has 1 aliphatic rings. The first-order valence-electron chi connectivity index (χ1n) is 7.11. The van der Waals surface area contributed by atoms with Gasteiger partial charge >= 0.3 is 0 Å². The Morgan fingerprint density at radius 3 is 2.70 bits per heavy atom. The molecule has 7 heteroatoms. The molecule has 1 aromatic heterocycles. The minimum Gasteiger partial charge on any atom is -0.313 e. The van der Waals surface area contributed by atoms with Gasteiger partial charge in [-0.3, -0.25) is 4.68 Å². The lowest BCUT2D eigenvalue weighted by Gasteiger charge is -2.38. The third kappa shape index (κ3) is 3.80. The van der Waals surface area contributed by atoms with E-state index in [1.165, 1.54) is 6.20 Å².